The molecule has 8 aliphatic heterocycles. The van der Waals surface area contributed by atoms with E-state index in [4.69, 9.17) is 75.8 Å². The molecule has 4 saturated carbocycles. The van der Waals surface area contributed by atoms with Gasteiger partial charge in [-0.2, -0.15) is 0 Å². The van der Waals surface area contributed by atoms with Crippen molar-refractivity contribution in [2.24, 2.45) is 50.2 Å². The standard InChI is InChI=1S/C88H145NO39/c1-11-12-13-14-15-16-17-18-19-20-31-89-73(111)70-63(108)68(123-76-61(106)56(101)50(95)38(2)115-76)72(127-77-62(107)57(102)54(99)45(33-90)118-77)81(125-70)120-49-24-25-84(7)47(85(49,8)37-92)23-26-87(10)48(84)22-21-41-42-32-83(5,6)27-29-88(42,30-28-86(41,87)9)82(112)128-80-71(58(103)51(96)39(3)116-80)126-78-65(110)69(66(40(4)117-78)121-74-59(104)52(97)43(93)35-113-74)124-79-64(109)67(55(100)46(34-91)119-79)122-75-60(105)53(98)44(94)36-114-75/h21,37-40,42-72,74-81,90-91,93-110H,11-20,22-36H2,1-10H3,(H,89,111)/t38-,39+,40-,42-,43-,44+,45+,46+,47+,48+,49-,50-,51-,52+,53-,54-,55+,56+,57-,58-,59-,60+,61+,62+,63-,64+,65+,66-,67-,68-,69-,70-,71+,72+,74+,75-,76-,77-,78+,79-,80-,81+,84-,85-,86+,87+,88-/m0/s1. The second-order valence-electron chi connectivity index (χ2n) is 40.4. The van der Waals surface area contributed by atoms with Crippen molar-refractivity contribution in [3.8, 4) is 0 Å². The third-order valence-electron chi connectivity index (χ3n) is 31.8. The number of carbonyl (C=O) groups is 3. The Balaban J connectivity index is 0.759. The van der Waals surface area contributed by atoms with Crippen LogP contribution < -0.4 is 5.32 Å². The lowest BCUT2D eigenvalue weighted by molar-refractivity contribution is -0.399. The van der Waals surface area contributed by atoms with Crippen LogP contribution in [0.4, 0.5) is 0 Å². The Hall–Kier alpha value is -3.05. The van der Waals surface area contributed by atoms with E-state index >= 15 is 4.79 Å². The molecule has 0 spiro atoms. The SMILES string of the molecule is CCCCCCCCCCCCNC(=O)[C@H]1O[C@@H](O[C@H]2CC[C@]3(C)[C@H]4CC=C5[C@@H]6CC(C)(C)CC[C@]6(C(=O)O[C@@H]6O[C@H](C)[C@H](O)[C@H](O)[C@H]6O[C@H]6O[C@@H](C)[C@H](O[C@H]7OC[C@H](O)[C@@H](O)[C@@H]7O)[C@@H](O[C@@H]7O[C@H](CO)[C@@H](O)[C@H](O[C@@H]8OC[C@@H](O)[C@H](O)[C@H]8O)[C@H]7O)[C@H]6O)CC[C@@]5(C)[C@]4(C)CC[C@H]3[C@]2(C)C=O)[C@H](O[C@@H]2O[C@H](CO)[C@H](O)[C@H](O)[C@H]2O)[C@@H](O[C@@H]2O[C@@H](C)[C@H](O)[C@@H](O)[C@H]2O)[C@@H]1O. The molecule has 40 nitrogen and oxygen atoms in total. The van der Waals surface area contributed by atoms with Crippen molar-refractivity contribution >= 4 is 18.2 Å². The molecule has 5 aliphatic carbocycles. The van der Waals surface area contributed by atoms with Crippen molar-refractivity contribution in [1.82, 2.24) is 5.32 Å². The summed E-state index contributed by atoms with van der Waals surface area (Å²) in [5.41, 5.74) is -3.73. The van der Waals surface area contributed by atoms with E-state index < -0.39 is 317 Å². The lowest BCUT2D eigenvalue weighted by Crippen LogP contribution is -2.69. The zero-order chi connectivity index (χ0) is 93.1. The van der Waals surface area contributed by atoms with Crippen LogP contribution in [0.3, 0.4) is 0 Å². The number of hydrogen-bond acceptors (Lipinski definition) is 39. The monoisotopic (exact) mass is 1840 g/mol. The highest BCUT2D eigenvalue weighted by molar-refractivity contribution is 5.82. The van der Waals surface area contributed by atoms with Crippen molar-refractivity contribution in [1.29, 1.82) is 0 Å². The van der Waals surface area contributed by atoms with E-state index in [1.807, 2.05) is 0 Å². The molecular formula is C88H145NO39. The van der Waals surface area contributed by atoms with Gasteiger partial charge in [-0.1, -0.05) is 118 Å². The van der Waals surface area contributed by atoms with Gasteiger partial charge in [0.15, 0.2) is 56.2 Å². The zero-order valence-corrected chi connectivity index (χ0v) is 74.8. The minimum absolute atomic E-state index is 0.133. The third kappa shape index (κ3) is 19.8. The van der Waals surface area contributed by atoms with Gasteiger partial charge in [0, 0.05) is 6.54 Å². The second-order valence-corrected chi connectivity index (χ2v) is 40.4. The van der Waals surface area contributed by atoms with Crippen LogP contribution in [0.25, 0.3) is 0 Å². The molecule has 736 valence electrons. The van der Waals surface area contributed by atoms with Crippen LogP contribution in [0, 0.1) is 50.2 Å². The summed E-state index contributed by atoms with van der Waals surface area (Å²) in [5, 5.41) is 227. The van der Waals surface area contributed by atoms with Gasteiger partial charge in [0.05, 0.1) is 61.7 Å². The van der Waals surface area contributed by atoms with E-state index in [2.05, 4.69) is 52.9 Å². The van der Waals surface area contributed by atoms with Gasteiger partial charge < -0.3 is 188 Å². The smallest absolute Gasteiger partial charge is 0.315 e. The molecule has 0 bridgehead atoms. The van der Waals surface area contributed by atoms with Crippen molar-refractivity contribution in [2.45, 2.75) is 437 Å². The first-order chi connectivity index (χ1) is 60.5. The predicted octanol–water partition coefficient (Wildman–Crippen LogP) is -3.15. The van der Waals surface area contributed by atoms with Crippen molar-refractivity contribution in [2.75, 3.05) is 33.0 Å². The van der Waals surface area contributed by atoms with Gasteiger partial charge in [-0.15, -0.1) is 0 Å². The van der Waals surface area contributed by atoms with Crippen LogP contribution in [-0.2, 0) is 90.2 Å². The first-order valence-electron chi connectivity index (χ1n) is 46.4. The fourth-order valence-electron chi connectivity index (χ4n) is 23.5. The zero-order valence-electron chi connectivity index (χ0n) is 74.8. The average Bonchev–Trinajstić information content (AvgIpc) is 0.672. The van der Waals surface area contributed by atoms with Gasteiger partial charge >= 0.3 is 5.97 Å². The number of fused-ring (bicyclic) bond motifs is 7. The summed E-state index contributed by atoms with van der Waals surface area (Å²) < 4.78 is 99.3. The Labute approximate surface area is 744 Å². The maximum Gasteiger partial charge on any atom is 0.315 e. The van der Waals surface area contributed by atoms with Crippen LogP contribution in [-0.4, -0.2) is 393 Å². The molecule has 0 aromatic heterocycles. The molecule has 40 heteroatoms. The van der Waals surface area contributed by atoms with Gasteiger partial charge in [0.25, 0.3) is 5.91 Å². The molecule has 0 unspecified atom stereocenters. The van der Waals surface area contributed by atoms with E-state index in [0.717, 1.165) is 50.4 Å². The minimum Gasteiger partial charge on any atom is -0.432 e. The number of allylic oxidation sites excluding steroid dienone is 2. The highest BCUT2D eigenvalue weighted by Gasteiger charge is 2.72. The average molecular weight is 1840 g/mol. The molecule has 21 N–H and O–H groups in total. The summed E-state index contributed by atoms with van der Waals surface area (Å²) in [6.07, 6.45) is -52.4. The van der Waals surface area contributed by atoms with Crippen LogP contribution in [0.5, 0.6) is 0 Å². The van der Waals surface area contributed by atoms with Crippen molar-refractivity contribution < 1.29 is 192 Å². The van der Waals surface area contributed by atoms with E-state index in [0.29, 0.717) is 57.8 Å². The largest absolute Gasteiger partial charge is 0.432 e. The summed E-state index contributed by atoms with van der Waals surface area (Å²) in [6, 6.07) is 0. The number of aliphatic hydroxyl groups excluding tert-OH is 20. The Morgan fingerprint density at radius 1 is 0.438 bits per heavy atom. The van der Waals surface area contributed by atoms with Gasteiger partial charge in [0.1, 0.15) is 159 Å². The number of aldehydes is 1. The van der Waals surface area contributed by atoms with Gasteiger partial charge in [-0.05, 0) is 131 Å². The third-order valence-corrected chi connectivity index (χ3v) is 31.8. The Morgan fingerprint density at radius 3 is 1.52 bits per heavy atom. The van der Waals surface area contributed by atoms with Crippen LogP contribution in [0.15, 0.2) is 11.6 Å². The summed E-state index contributed by atoms with van der Waals surface area (Å²) in [4.78, 5) is 45.5. The van der Waals surface area contributed by atoms with Crippen molar-refractivity contribution in [3.63, 3.8) is 0 Å². The Kier molecular flexibility index (Phi) is 33.4. The van der Waals surface area contributed by atoms with E-state index in [1.165, 1.54) is 40.0 Å². The summed E-state index contributed by atoms with van der Waals surface area (Å²) >= 11 is 0. The lowest BCUT2D eigenvalue weighted by atomic mass is 9.33. The summed E-state index contributed by atoms with van der Waals surface area (Å²) in [7, 11) is 0. The highest BCUT2D eigenvalue weighted by atomic mass is 16.8. The molecule has 0 aromatic rings. The molecule has 128 heavy (non-hydrogen) atoms. The fraction of sp³-hybridized carbons (Fsp3) is 0.943. The number of ether oxygens (including phenoxy) is 16. The summed E-state index contributed by atoms with van der Waals surface area (Å²) in [6.45, 7) is 16.4. The molecule has 47 atom stereocenters. The Bertz CT molecular complexity index is 3650. The second kappa shape index (κ2) is 41.7. The minimum atomic E-state index is -2.18. The first kappa shape index (κ1) is 102. The number of hydrogen-bond donors (Lipinski definition) is 21. The van der Waals surface area contributed by atoms with Crippen LogP contribution in [0.2, 0.25) is 0 Å². The predicted molar refractivity (Wildman–Crippen MR) is 435 cm³/mol. The van der Waals surface area contributed by atoms with Gasteiger partial charge in [0.2, 0.25) is 6.29 Å². The number of esters is 1. The number of amides is 1. The quantitative estimate of drug-likeness (QED) is 0.0107. The van der Waals surface area contributed by atoms with Crippen molar-refractivity contribution in [3.05, 3.63) is 11.6 Å². The molecule has 13 aliphatic rings. The number of rotatable bonds is 31. The number of aliphatic hydroxyl groups is 20. The molecule has 13 rings (SSSR count). The normalized spacial score (nSPS) is 50.9. The lowest BCUT2D eigenvalue weighted by Gasteiger charge is -2.71. The Morgan fingerprint density at radius 2 is 0.922 bits per heavy atom. The van der Waals surface area contributed by atoms with Crippen LogP contribution >= 0.6 is 0 Å². The molecule has 0 aromatic carbocycles. The van der Waals surface area contributed by atoms with Gasteiger partial charge in [-0.3, -0.25) is 9.59 Å². The number of nitrogens with one attached hydrogen (secondary N) is 1. The highest BCUT2D eigenvalue weighted by Crippen LogP contribution is 2.76. The molecule has 8 saturated heterocycles. The molecule has 8 heterocycles. The van der Waals surface area contributed by atoms with E-state index in [1.54, 1.807) is 6.92 Å². The fourth-order valence-corrected chi connectivity index (χ4v) is 23.5. The first-order valence-corrected chi connectivity index (χ1v) is 46.4. The molecule has 1 amide bonds. The number of unbranched alkanes of at least 4 members (excludes halogenated alkanes) is 9. The van der Waals surface area contributed by atoms with Crippen LogP contribution in [0.1, 0.15) is 198 Å². The van der Waals surface area contributed by atoms with E-state index in [9.17, 15) is 112 Å². The maximum atomic E-state index is 16.1. The summed E-state index contributed by atoms with van der Waals surface area (Å²) in [5.74, 6) is -2.56. The molecular weight excluding hydrogens is 1690 g/mol. The topological polar surface area (TPSA) is 616 Å². The molecule has 12 fully saturated rings. The number of carbonyl (C=O) groups excluding carboxylic acids is 3. The van der Waals surface area contributed by atoms with E-state index in [-0.39, 0.29) is 30.7 Å². The molecule has 0 radical (unpaired) electrons. The maximum absolute atomic E-state index is 16.1. The van der Waals surface area contributed by atoms with Gasteiger partial charge in [-0.25, -0.2) is 0 Å².